The number of alkyl halides is 3. The van der Waals surface area contributed by atoms with Gasteiger partial charge in [-0.15, -0.1) is 0 Å². The Morgan fingerprint density at radius 1 is 1.02 bits per heavy atom. The maximum Gasteiger partial charge on any atom is 0.416 e. The zero-order valence-corrected chi connectivity index (χ0v) is 23.3. The third-order valence-electron chi connectivity index (χ3n) is 7.84. The number of rotatable bonds is 7. The Balaban J connectivity index is 1.32. The van der Waals surface area contributed by atoms with Crippen molar-refractivity contribution in [3.63, 3.8) is 0 Å². The zero-order chi connectivity index (χ0) is 28.3. The molecule has 2 fully saturated rings. The zero-order valence-electron chi connectivity index (χ0n) is 22.5. The van der Waals surface area contributed by atoms with E-state index in [0.717, 1.165) is 92.3 Å². The molecule has 2 aromatic carbocycles. The van der Waals surface area contributed by atoms with Gasteiger partial charge in [-0.2, -0.15) is 18.2 Å². The van der Waals surface area contributed by atoms with E-state index in [-0.39, 0.29) is 29.7 Å². The van der Waals surface area contributed by atoms with E-state index in [1.165, 1.54) is 11.6 Å². The van der Waals surface area contributed by atoms with Gasteiger partial charge < -0.3 is 15.7 Å². The monoisotopic (exact) mass is 573 g/mol. The highest BCUT2D eigenvalue weighted by Crippen LogP contribution is 2.35. The molecule has 0 amide bonds. The highest BCUT2D eigenvalue weighted by Gasteiger charge is 2.31. The predicted molar refractivity (Wildman–Crippen MR) is 152 cm³/mol. The largest absolute Gasteiger partial charge is 0.416 e. The van der Waals surface area contributed by atoms with Gasteiger partial charge in [0.15, 0.2) is 0 Å². The average molecular weight is 574 g/mol. The minimum atomic E-state index is -4.43. The first-order chi connectivity index (χ1) is 19.1. The number of hydrogen-bond donors (Lipinski definition) is 3. The number of benzene rings is 2. The molecule has 214 valence electrons. The molecule has 1 aliphatic heterocycles. The SMILES string of the molecule is Cc1cc(Cl)cc(CN2CCC(c3cnc(Nc4cccc(C(F)(F)F)c4)nc3NC3CCC(O)CC3)CC2)c1. The summed E-state index contributed by atoms with van der Waals surface area (Å²) in [4.78, 5) is 11.7. The average Bonchev–Trinajstić information content (AvgIpc) is 2.90. The van der Waals surface area contributed by atoms with Crippen LogP contribution >= 0.6 is 11.6 Å². The Morgan fingerprint density at radius 3 is 2.48 bits per heavy atom. The number of nitrogens with one attached hydrogen (secondary N) is 2. The summed E-state index contributed by atoms with van der Waals surface area (Å²) in [6.07, 6.45) is 2.13. The fourth-order valence-corrected chi connectivity index (χ4v) is 6.06. The Morgan fingerprint density at radius 2 is 1.77 bits per heavy atom. The van der Waals surface area contributed by atoms with E-state index in [1.54, 1.807) is 6.07 Å². The van der Waals surface area contributed by atoms with Crippen LogP contribution in [0.2, 0.25) is 5.02 Å². The van der Waals surface area contributed by atoms with Gasteiger partial charge >= 0.3 is 6.18 Å². The van der Waals surface area contributed by atoms with Gasteiger partial charge in [0.05, 0.1) is 11.7 Å². The smallest absolute Gasteiger partial charge is 0.393 e. The van der Waals surface area contributed by atoms with Gasteiger partial charge in [-0.25, -0.2) is 4.98 Å². The van der Waals surface area contributed by atoms with E-state index < -0.39 is 11.7 Å². The molecule has 3 N–H and O–H groups in total. The number of likely N-dealkylation sites (tertiary alicyclic amines) is 1. The number of aromatic nitrogens is 2. The maximum atomic E-state index is 13.2. The van der Waals surface area contributed by atoms with Gasteiger partial charge in [-0.1, -0.05) is 23.7 Å². The number of aliphatic hydroxyl groups is 1. The van der Waals surface area contributed by atoms with E-state index in [4.69, 9.17) is 16.6 Å². The molecule has 0 bridgehead atoms. The summed E-state index contributed by atoms with van der Waals surface area (Å²) in [5.74, 6) is 1.22. The van der Waals surface area contributed by atoms with Crippen LogP contribution in [0.3, 0.4) is 0 Å². The van der Waals surface area contributed by atoms with Crippen molar-refractivity contribution in [1.29, 1.82) is 0 Å². The predicted octanol–water partition coefficient (Wildman–Crippen LogP) is 7.30. The molecule has 1 aromatic heterocycles. The molecule has 0 atom stereocenters. The molecule has 10 heteroatoms. The molecule has 3 aromatic rings. The van der Waals surface area contributed by atoms with Crippen LogP contribution in [0.15, 0.2) is 48.7 Å². The number of hydrogen-bond acceptors (Lipinski definition) is 6. The quantitative estimate of drug-likeness (QED) is 0.275. The van der Waals surface area contributed by atoms with Crippen molar-refractivity contribution in [2.75, 3.05) is 23.7 Å². The van der Waals surface area contributed by atoms with Crippen LogP contribution in [0, 0.1) is 6.92 Å². The normalized spacial score (nSPS) is 20.9. The first-order valence-corrected chi connectivity index (χ1v) is 14.2. The summed E-state index contributed by atoms with van der Waals surface area (Å²) < 4.78 is 39.6. The van der Waals surface area contributed by atoms with Crippen LogP contribution < -0.4 is 10.6 Å². The van der Waals surface area contributed by atoms with Crippen LogP contribution in [0.1, 0.15) is 66.7 Å². The molecule has 0 unspecified atom stereocenters. The van der Waals surface area contributed by atoms with Crippen LogP contribution in [0.5, 0.6) is 0 Å². The second-order valence-electron chi connectivity index (χ2n) is 11.0. The van der Waals surface area contributed by atoms with Gasteiger partial charge in [-0.05, 0) is 106 Å². The Bertz CT molecular complexity index is 1280. The lowest BCUT2D eigenvalue weighted by molar-refractivity contribution is -0.137. The topological polar surface area (TPSA) is 73.3 Å². The van der Waals surface area contributed by atoms with Gasteiger partial charge in [0.25, 0.3) is 0 Å². The van der Waals surface area contributed by atoms with Crippen LogP contribution in [-0.2, 0) is 12.7 Å². The molecule has 2 aliphatic rings. The number of piperidine rings is 1. The fourth-order valence-electron chi connectivity index (χ4n) is 5.75. The van der Waals surface area contributed by atoms with E-state index in [1.807, 2.05) is 18.3 Å². The van der Waals surface area contributed by atoms with Gasteiger partial charge in [-0.3, -0.25) is 4.90 Å². The van der Waals surface area contributed by atoms with Crippen LogP contribution in [0.4, 0.5) is 30.6 Å². The van der Waals surface area contributed by atoms with Crippen molar-refractivity contribution in [3.8, 4) is 0 Å². The lowest BCUT2D eigenvalue weighted by Crippen LogP contribution is -2.33. The van der Waals surface area contributed by atoms with Crippen molar-refractivity contribution in [3.05, 3.63) is 75.9 Å². The van der Waals surface area contributed by atoms with Crippen molar-refractivity contribution in [2.45, 2.75) is 76.2 Å². The molecule has 6 nitrogen and oxygen atoms in total. The van der Waals surface area contributed by atoms with Crippen molar-refractivity contribution >= 4 is 29.1 Å². The minimum absolute atomic E-state index is 0.171. The third-order valence-corrected chi connectivity index (χ3v) is 8.05. The van der Waals surface area contributed by atoms with E-state index in [9.17, 15) is 18.3 Å². The molecule has 40 heavy (non-hydrogen) atoms. The first-order valence-electron chi connectivity index (χ1n) is 13.9. The number of aryl methyl sites for hydroxylation is 1. The summed E-state index contributed by atoms with van der Waals surface area (Å²) in [7, 11) is 0. The van der Waals surface area contributed by atoms with Crippen molar-refractivity contribution in [2.24, 2.45) is 0 Å². The molecule has 1 saturated heterocycles. The molecular weight excluding hydrogens is 539 g/mol. The molecule has 2 heterocycles. The molecule has 0 spiro atoms. The highest BCUT2D eigenvalue weighted by atomic mass is 35.5. The summed E-state index contributed by atoms with van der Waals surface area (Å²) in [5.41, 5.74) is 2.93. The minimum Gasteiger partial charge on any atom is -0.393 e. The van der Waals surface area contributed by atoms with Crippen LogP contribution in [0.25, 0.3) is 0 Å². The summed E-state index contributed by atoms with van der Waals surface area (Å²) in [5, 5.41) is 17.2. The Labute approximate surface area is 238 Å². The lowest BCUT2D eigenvalue weighted by Gasteiger charge is -2.33. The van der Waals surface area contributed by atoms with Gasteiger partial charge in [0.2, 0.25) is 5.95 Å². The first kappa shape index (κ1) is 28.6. The maximum absolute atomic E-state index is 13.2. The number of nitrogens with zero attached hydrogens (tertiary/aromatic N) is 3. The molecule has 5 rings (SSSR count). The highest BCUT2D eigenvalue weighted by molar-refractivity contribution is 6.30. The lowest BCUT2D eigenvalue weighted by atomic mass is 9.89. The number of aliphatic hydroxyl groups excluding tert-OH is 1. The Kier molecular flexibility index (Phi) is 8.83. The second kappa shape index (κ2) is 12.3. The molecular formula is C30H35ClF3N5O. The summed E-state index contributed by atoms with van der Waals surface area (Å²) in [6, 6.07) is 11.4. The molecule has 1 aliphatic carbocycles. The fraction of sp³-hybridized carbons (Fsp3) is 0.467. The van der Waals surface area contributed by atoms with Gasteiger partial charge in [0, 0.05) is 35.1 Å². The van der Waals surface area contributed by atoms with Crippen LogP contribution in [-0.4, -0.2) is 45.2 Å². The molecule has 0 radical (unpaired) electrons. The summed E-state index contributed by atoms with van der Waals surface area (Å²) in [6.45, 7) is 4.75. The summed E-state index contributed by atoms with van der Waals surface area (Å²) >= 11 is 6.26. The van der Waals surface area contributed by atoms with Crippen molar-refractivity contribution < 1.29 is 18.3 Å². The number of anilines is 3. The molecule has 1 saturated carbocycles. The van der Waals surface area contributed by atoms with Crippen molar-refractivity contribution in [1.82, 2.24) is 14.9 Å². The van der Waals surface area contributed by atoms with E-state index in [2.05, 4.69) is 33.5 Å². The third kappa shape index (κ3) is 7.44. The Hall–Kier alpha value is -2.88. The number of halogens is 4. The second-order valence-corrected chi connectivity index (χ2v) is 11.5. The van der Waals surface area contributed by atoms with E-state index >= 15 is 0 Å². The van der Waals surface area contributed by atoms with Gasteiger partial charge in [0.1, 0.15) is 5.82 Å². The standard InChI is InChI=1S/C30H35ClF3N5O/c1-19-13-20(15-23(31)14-19)18-39-11-9-21(10-12-39)27-17-35-29(37-25-4-2-3-22(16-25)30(32,33)34)38-28(27)36-24-5-7-26(40)8-6-24/h2-4,13-17,21,24,26,40H,5-12,18H2,1H3,(H2,35,36,37,38). The van der Waals surface area contributed by atoms with E-state index in [0.29, 0.717) is 0 Å².